The van der Waals surface area contributed by atoms with Gasteiger partial charge in [-0.2, -0.15) is 0 Å². The Morgan fingerprint density at radius 1 is 1.19 bits per heavy atom. The number of pyridine rings is 1. The van der Waals surface area contributed by atoms with Gasteiger partial charge in [0.25, 0.3) is 10.0 Å². The lowest BCUT2D eigenvalue weighted by Gasteiger charge is -2.13. The fraction of sp³-hybridized carbons (Fsp3) is 0.267. The molecule has 1 aromatic heterocycles. The zero-order chi connectivity index (χ0) is 15.5. The number of anilines is 2. The number of rotatable bonds is 5. The summed E-state index contributed by atoms with van der Waals surface area (Å²) in [5, 5.41) is 2.96. The van der Waals surface area contributed by atoms with Crippen LogP contribution in [0.2, 0.25) is 0 Å². The summed E-state index contributed by atoms with van der Waals surface area (Å²) in [5.41, 5.74) is 2.55. The quantitative estimate of drug-likeness (QED) is 0.891. The van der Waals surface area contributed by atoms with Crippen molar-refractivity contribution in [3.8, 4) is 0 Å². The van der Waals surface area contributed by atoms with E-state index in [1.807, 2.05) is 32.9 Å². The number of aromatic nitrogens is 1. The molecule has 0 amide bonds. The predicted octanol–water partition coefficient (Wildman–Crippen LogP) is 2.93. The Balaban J connectivity index is 2.39. The maximum Gasteiger partial charge on any atom is 0.265 e. The van der Waals surface area contributed by atoms with Crippen molar-refractivity contribution in [2.45, 2.75) is 25.7 Å². The first kappa shape index (κ1) is 15.3. The van der Waals surface area contributed by atoms with E-state index in [9.17, 15) is 8.42 Å². The minimum absolute atomic E-state index is 0.145. The second-order valence-electron chi connectivity index (χ2n) is 4.80. The average Bonchev–Trinajstić information content (AvgIpc) is 2.43. The molecule has 6 heteroatoms. The molecule has 0 bridgehead atoms. The first-order valence-electron chi connectivity index (χ1n) is 6.73. The lowest BCUT2D eigenvalue weighted by atomic mass is 10.1. The molecule has 2 rings (SSSR count). The maximum atomic E-state index is 12.5. The molecule has 0 aliphatic rings. The summed E-state index contributed by atoms with van der Waals surface area (Å²) in [6.45, 7) is 6.33. The van der Waals surface area contributed by atoms with Crippen LogP contribution in [-0.4, -0.2) is 19.9 Å². The highest BCUT2D eigenvalue weighted by Crippen LogP contribution is 2.24. The zero-order valence-electron chi connectivity index (χ0n) is 12.3. The van der Waals surface area contributed by atoms with Crippen LogP contribution < -0.4 is 10.0 Å². The normalized spacial score (nSPS) is 11.2. The van der Waals surface area contributed by atoms with E-state index in [0.29, 0.717) is 18.1 Å². The molecular weight excluding hydrogens is 286 g/mol. The van der Waals surface area contributed by atoms with Gasteiger partial charge in [-0.05, 0) is 44.5 Å². The average molecular weight is 305 g/mol. The highest BCUT2D eigenvalue weighted by atomic mass is 32.2. The molecule has 1 heterocycles. The Bertz CT molecular complexity index is 742. The standard InChI is InChI=1S/C15H19N3O2S/c1-4-16-15-14(6-5-9-17-15)21(19,20)18-13-8-7-11(2)10-12(13)3/h5-10,18H,4H2,1-3H3,(H,16,17). The number of aryl methyl sites for hydroxylation is 2. The van der Waals surface area contributed by atoms with Crippen molar-refractivity contribution in [1.82, 2.24) is 4.98 Å². The van der Waals surface area contributed by atoms with E-state index in [1.165, 1.54) is 6.07 Å². The molecule has 1 aromatic carbocycles. The molecule has 2 N–H and O–H groups in total. The zero-order valence-corrected chi connectivity index (χ0v) is 13.2. The van der Waals surface area contributed by atoms with E-state index in [1.54, 1.807) is 18.3 Å². The van der Waals surface area contributed by atoms with Crippen molar-refractivity contribution in [3.63, 3.8) is 0 Å². The summed E-state index contributed by atoms with van der Waals surface area (Å²) in [7, 11) is -3.68. The van der Waals surface area contributed by atoms with Gasteiger partial charge in [-0.15, -0.1) is 0 Å². The smallest absolute Gasteiger partial charge is 0.265 e. The van der Waals surface area contributed by atoms with Crippen LogP contribution in [0, 0.1) is 13.8 Å². The number of hydrogen-bond acceptors (Lipinski definition) is 4. The molecule has 0 radical (unpaired) electrons. The minimum atomic E-state index is -3.68. The first-order valence-corrected chi connectivity index (χ1v) is 8.21. The van der Waals surface area contributed by atoms with E-state index in [0.717, 1.165) is 11.1 Å². The Kier molecular flexibility index (Phi) is 4.47. The SMILES string of the molecule is CCNc1ncccc1S(=O)(=O)Nc1ccc(C)cc1C. The third kappa shape index (κ3) is 3.52. The van der Waals surface area contributed by atoms with Gasteiger partial charge in [0.15, 0.2) is 0 Å². The van der Waals surface area contributed by atoms with Crippen LogP contribution in [0.25, 0.3) is 0 Å². The van der Waals surface area contributed by atoms with Crippen LogP contribution in [0.1, 0.15) is 18.1 Å². The Hall–Kier alpha value is -2.08. The molecule has 2 aromatic rings. The Labute approximate surface area is 125 Å². The summed E-state index contributed by atoms with van der Waals surface area (Å²) < 4.78 is 27.7. The first-order chi connectivity index (χ1) is 9.94. The second-order valence-corrected chi connectivity index (χ2v) is 6.46. The lowest BCUT2D eigenvalue weighted by molar-refractivity contribution is 0.601. The van der Waals surface area contributed by atoms with Gasteiger partial charge in [-0.3, -0.25) is 4.72 Å². The highest BCUT2D eigenvalue weighted by Gasteiger charge is 2.19. The predicted molar refractivity (Wildman–Crippen MR) is 85.1 cm³/mol. The minimum Gasteiger partial charge on any atom is -0.369 e. The van der Waals surface area contributed by atoms with Crippen molar-refractivity contribution >= 4 is 21.5 Å². The maximum absolute atomic E-state index is 12.5. The van der Waals surface area contributed by atoms with Crippen LogP contribution in [0.15, 0.2) is 41.4 Å². The number of benzene rings is 1. The Morgan fingerprint density at radius 3 is 2.62 bits per heavy atom. The van der Waals surface area contributed by atoms with E-state index in [2.05, 4.69) is 15.0 Å². The summed E-state index contributed by atoms with van der Waals surface area (Å²) in [4.78, 5) is 4.23. The molecular formula is C15H19N3O2S. The van der Waals surface area contributed by atoms with Gasteiger partial charge in [0.05, 0.1) is 5.69 Å². The molecule has 21 heavy (non-hydrogen) atoms. The van der Waals surface area contributed by atoms with Gasteiger partial charge < -0.3 is 5.32 Å². The van der Waals surface area contributed by atoms with Crippen LogP contribution in [0.5, 0.6) is 0 Å². The van der Waals surface area contributed by atoms with Gasteiger partial charge in [-0.25, -0.2) is 13.4 Å². The van der Waals surface area contributed by atoms with Gasteiger partial charge in [0.1, 0.15) is 10.7 Å². The van der Waals surface area contributed by atoms with Crippen LogP contribution in [0.4, 0.5) is 11.5 Å². The van der Waals surface area contributed by atoms with Crippen molar-refractivity contribution < 1.29 is 8.42 Å². The van der Waals surface area contributed by atoms with E-state index in [4.69, 9.17) is 0 Å². The van der Waals surface area contributed by atoms with Crippen molar-refractivity contribution in [3.05, 3.63) is 47.7 Å². The topological polar surface area (TPSA) is 71.1 Å². The van der Waals surface area contributed by atoms with E-state index >= 15 is 0 Å². The number of sulfonamides is 1. The largest absolute Gasteiger partial charge is 0.369 e. The molecule has 0 fully saturated rings. The fourth-order valence-corrected chi connectivity index (χ4v) is 3.30. The van der Waals surface area contributed by atoms with E-state index < -0.39 is 10.0 Å². The fourth-order valence-electron chi connectivity index (χ4n) is 2.04. The molecule has 0 unspecified atom stereocenters. The summed E-state index contributed by atoms with van der Waals surface area (Å²) >= 11 is 0. The van der Waals surface area contributed by atoms with Crippen molar-refractivity contribution in [2.75, 3.05) is 16.6 Å². The molecule has 0 aliphatic heterocycles. The van der Waals surface area contributed by atoms with Gasteiger partial charge in [0, 0.05) is 12.7 Å². The molecule has 0 saturated heterocycles. The third-order valence-electron chi connectivity index (χ3n) is 3.03. The molecule has 5 nitrogen and oxygen atoms in total. The van der Waals surface area contributed by atoms with Gasteiger partial charge in [0.2, 0.25) is 0 Å². The highest BCUT2D eigenvalue weighted by molar-refractivity contribution is 7.92. The van der Waals surface area contributed by atoms with Crippen molar-refractivity contribution in [2.24, 2.45) is 0 Å². The second kappa shape index (κ2) is 6.13. The molecule has 0 atom stereocenters. The van der Waals surface area contributed by atoms with Crippen LogP contribution in [0.3, 0.4) is 0 Å². The summed E-state index contributed by atoms with van der Waals surface area (Å²) in [5.74, 6) is 0.359. The number of nitrogens with one attached hydrogen (secondary N) is 2. The summed E-state index contributed by atoms with van der Waals surface area (Å²) in [6, 6.07) is 8.73. The van der Waals surface area contributed by atoms with Crippen LogP contribution in [-0.2, 0) is 10.0 Å². The molecule has 0 spiro atoms. The molecule has 112 valence electrons. The van der Waals surface area contributed by atoms with Gasteiger partial charge >= 0.3 is 0 Å². The monoisotopic (exact) mass is 305 g/mol. The number of nitrogens with zero attached hydrogens (tertiary/aromatic N) is 1. The van der Waals surface area contributed by atoms with Crippen LogP contribution >= 0.6 is 0 Å². The molecule has 0 saturated carbocycles. The summed E-state index contributed by atoms with van der Waals surface area (Å²) in [6.07, 6.45) is 1.56. The third-order valence-corrected chi connectivity index (χ3v) is 4.43. The lowest BCUT2D eigenvalue weighted by Crippen LogP contribution is -2.16. The Morgan fingerprint density at radius 2 is 1.95 bits per heavy atom. The number of hydrogen-bond donors (Lipinski definition) is 2. The van der Waals surface area contributed by atoms with E-state index in [-0.39, 0.29) is 4.90 Å². The molecule has 0 aliphatic carbocycles. The van der Waals surface area contributed by atoms with Gasteiger partial charge in [-0.1, -0.05) is 17.7 Å². The van der Waals surface area contributed by atoms with Crippen molar-refractivity contribution in [1.29, 1.82) is 0 Å².